The van der Waals surface area contributed by atoms with Crippen LogP contribution < -0.4 is 0 Å². The number of allylic oxidation sites excluding steroid dienone is 1. The Labute approximate surface area is 120 Å². The van der Waals surface area contributed by atoms with E-state index in [1.54, 1.807) is 6.92 Å². The molecule has 0 N–H and O–H groups in total. The van der Waals surface area contributed by atoms with Crippen molar-refractivity contribution < 1.29 is 14.3 Å². The zero-order valence-corrected chi connectivity index (χ0v) is 12.8. The van der Waals surface area contributed by atoms with Gasteiger partial charge in [0.2, 0.25) is 0 Å². The predicted octanol–water partition coefficient (Wildman–Crippen LogP) is 3.59. The molecule has 0 aliphatic heterocycles. The maximum Gasteiger partial charge on any atom is 0.312 e. The van der Waals surface area contributed by atoms with Gasteiger partial charge >= 0.3 is 5.97 Å². The first-order valence-electron chi connectivity index (χ1n) is 6.77. The lowest BCUT2D eigenvalue weighted by Crippen LogP contribution is -2.10. The van der Waals surface area contributed by atoms with Crippen molar-refractivity contribution in [1.29, 1.82) is 0 Å². The minimum Gasteiger partial charge on any atom is -0.469 e. The number of methoxy groups -OCH3 is 1. The second kappa shape index (κ2) is 7.04. The summed E-state index contributed by atoms with van der Waals surface area (Å²) in [5, 5.41) is 0. The molecule has 0 aliphatic carbocycles. The van der Waals surface area contributed by atoms with E-state index in [0.717, 1.165) is 16.7 Å². The highest BCUT2D eigenvalue weighted by Gasteiger charge is 2.15. The number of esters is 1. The van der Waals surface area contributed by atoms with Crippen molar-refractivity contribution >= 4 is 17.8 Å². The molecule has 0 heterocycles. The molecule has 0 fully saturated rings. The van der Waals surface area contributed by atoms with E-state index < -0.39 is 0 Å². The van der Waals surface area contributed by atoms with E-state index in [4.69, 9.17) is 4.74 Å². The molecule has 0 spiro atoms. The minimum atomic E-state index is -0.282. The zero-order chi connectivity index (χ0) is 15.3. The maximum absolute atomic E-state index is 11.6. The predicted molar refractivity (Wildman–Crippen MR) is 80.4 cm³/mol. The molecule has 108 valence electrons. The third kappa shape index (κ3) is 4.05. The number of ether oxygens (including phenoxy) is 1. The van der Waals surface area contributed by atoms with Gasteiger partial charge in [0.05, 0.1) is 13.0 Å². The molecule has 1 unspecified atom stereocenters. The Hall–Kier alpha value is -1.90. The van der Waals surface area contributed by atoms with E-state index >= 15 is 0 Å². The van der Waals surface area contributed by atoms with Gasteiger partial charge in [0.25, 0.3) is 0 Å². The molecule has 0 saturated carbocycles. The summed E-state index contributed by atoms with van der Waals surface area (Å²) < 4.78 is 4.73. The van der Waals surface area contributed by atoms with E-state index in [1.807, 2.05) is 51.1 Å². The lowest BCUT2D eigenvalue weighted by molar-refractivity contribution is -0.142. The van der Waals surface area contributed by atoms with Gasteiger partial charge in [-0.25, -0.2) is 0 Å². The minimum absolute atomic E-state index is 0.0898. The molecular formula is C17H22O3. The average molecular weight is 274 g/mol. The van der Waals surface area contributed by atoms with Crippen LogP contribution in [0.5, 0.6) is 0 Å². The van der Waals surface area contributed by atoms with Gasteiger partial charge in [-0.15, -0.1) is 0 Å². The van der Waals surface area contributed by atoms with Crippen LogP contribution in [0.15, 0.2) is 29.8 Å². The van der Waals surface area contributed by atoms with E-state index in [-0.39, 0.29) is 23.6 Å². The molecule has 0 amide bonds. The highest BCUT2D eigenvalue weighted by molar-refractivity contribution is 5.98. The molecule has 0 saturated heterocycles. The Kier molecular flexibility index (Phi) is 5.68. The summed E-state index contributed by atoms with van der Waals surface area (Å²) in [5.74, 6) is -0.247. The van der Waals surface area contributed by atoms with Crippen LogP contribution in [0.4, 0.5) is 0 Å². The zero-order valence-electron chi connectivity index (χ0n) is 12.8. The lowest BCUT2D eigenvalue weighted by atomic mass is 9.95. The normalized spacial score (nSPS) is 13.2. The Bertz CT molecular complexity index is 510. The molecule has 1 aromatic rings. The van der Waals surface area contributed by atoms with Gasteiger partial charge in [-0.3, -0.25) is 9.59 Å². The van der Waals surface area contributed by atoms with Crippen LogP contribution in [0.3, 0.4) is 0 Å². The van der Waals surface area contributed by atoms with Crippen molar-refractivity contribution in [2.45, 2.75) is 33.6 Å². The summed E-state index contributed by atoms with van der Waals surface area (Å²) >= 11 is 0. The highest BCUT2D eigenvalue weighted by atomic mass is 16.5. The van der Waals surface area contributed by atoms with Crippen molar-refractivity contribution in [3.63, 3.8) is 0 Å². The van der Waals surface area contributed by atoms with Gasteiger partial charge < -0.3 is 4.74 Å². The Morgan fingerprint density at radius 3 is 2.05 bits per heavy atom. The largest absolute Gasteiger partial charge is 0.469 e. The van der Waals surface area contributed by atoms with E-state index in [9.17, 15) is 9.59 Å². The van der Waals surface area contributed by atoms with E-state index in [1.165, 1.54) is 7.11 Å². The van der Waals surface area contributed by atoms with Gasteiger partial charge in [0.15, 0.2) is 5.78 Å². The average Bonchev–Trinajstić information content (AvgIpc) is 2.43. The molecule has 0 bridgehead atoms. The van der Waals surface area contributed by atoms with Gasteiger partial charge in [0, 0.05) is 0 Å². The van der Waals surface area contributed by atoms with Crippen molar-refractivity contribution in [3.05, 3.63) is 41.0 Å². The molecule has 1 aromatic carbocycles. The summed E-state index contributed by atoms with van der Waals surface area (Å²) in [5.41, 5.74) is 2.67. The molecule has 20 heavy (non-hydrogen) atoms. The standard InChI is InChI=1S/C17H22O3/c1-11(2)16(13(4)18)10-14-6-8-15(9-7-14)12(3)17(19)20-5/h6-12H,1-5H3. The van der Waals surface area contributed by atoms with Crippen LogP contribution in [0.2, 0.25) is 0 Å². The first kappa shape index (κ1) is 16.2. The van der Waals surface area contributed by atoms with Crippen LogP contribution >= 0.6 is 0 Å². The van der Waals surface area contributed by atoms with Gasteiger partial charge in [-0.05, 0) is 42.5 Å². The number of carbonyl (C=O) groups excluding carboxylic acids is 2. The summed E-state index contributed by atoms with van der Waals surface area (Å²) in [6.45, 7) is 7.40. The van der Waals surface area contributed by atoms with Crippen molar-refractivity contribution in [3.8, 4) is 0 Å². The van der Waals surface area contributed by atoms with E-state index in [2.05, 4.69) is 0 Å². The molecule has 0 aliphatic rings. The van der Waals surface area contributed by atoms with Crippen LogP contribution in [0, 0.1) is 5.92 Å². The number of benzene rings is 1. The fourth-order valence-corrected chi connectivity index (χ4v) is 2.05. The molecule has 0 radical (unpaired) electrons. The van der Waals surface area contributed by atoms with Gasteiger partial charge in [0.1, 0.15) is 0 Å². The first-order chi connectivity index (χ1) is 9.36. The van der Waals surface area contributed by atoms with Crippen LogP contribution in [0.25, 0.3) is 6.08 Å². The maximum atomic E-state index is 11.6. The number of hydrogen-bond acceptors (Lipinski definition) is 3. The summed E-state index contributed by atoms with van der Waals surface area (Å²) in [6.07, 6.45) is 1.90. The van der Waals surface area contributed by atoms with Crippen molar-refractivity contribution in [1.82, 2.24) is 0 Å². The number of rotatable bonds is 5. The first-order valence-corrected chi connectivity index (χ1v) is 6.77. The van der Waals surface area contributed by atoms with Crippen LogP contribution in [-0.2, 0) is 14.3 Å². The van der Waals surface area contributed by atoms with E-state index in [0.29, 0.717) is 0 Å². The van der Waals surface area contributed by atoms with Gasteiger partial charge in [-0.2, -0.15) is 0 Å². The van der Waals surface area contributed by atoms with Crippen LogP contribution in [0.1, 0.15) is 44.7 Å². The second-order valence-corrected chi connectivity index (χ2v) is 5.22. The van der Waals surface area contributed by atoms with Gasteiger partial charge in [-0.1, -0.05) is 38.1 Å². The number of hydrogen-bond donors (Lipinski definition) is 0. The van der Waals surface area contributed by atoms with Crippen molar-refractivity contribution in [2.75, 3.05) is 7.11 Å². The second-order valence-electron chi connectivity index (χ2n) is 5.22. The quantitative estimate of drug-likeness (QED) is 0.608. The van der Waals surface area contributed by atoms with Crippen molar-refractivity contribution in [2.24, 2.45) is 5.92 Å². The fraction of sp³-hybridized carbons (Fsp3) is 0.412. The molecule has 1 atom stereocenters. The molecule has 1 rings (SSSR count). The number of ketones is 1. The SMILES string of the molecule is COC(=O)C(C)c1ccc(C=C(C(C)=O)C(C)C)cc1. The topological polar surface area (TPSA) is 43.4 Å². The Morgan fingerprint density at radius 1 is 1.10 bits per heavy atom. The molecule has 0 aromatic heterocycles. The summed E-state index contributed by atoms with van der Waals surface area (Å²) in [6, 6.07) is 7.62. The molecule has 3 heteroatoms. The summed E-state index contributed by atoms with van der Waals surface area (Å²) in [4.78, 5) is 23.0. The smallest absolute Gasteiger partial charge is 0.312 e. The summed E-state index contributed by atoms with van der Waals surface area (Å²) in [7, 11) is 1.39. The Balaban J connectivity index is 2.99. The Morgan fingerprint density at radius 2 is 1.65 bits per heavy atom. The highest BCUT2D eigenvalue weighted by Crippen LogP contribution is 2.20. The molecule has 3 nitrogen and oxygen atoms in total. The lowest BCUT2D eigenvalue weighted by Gasteiger charge is -2.10. The van der Waals surface area contributed by atoms with Crippen LogP contribution in [-0.4, -0.2) is 18.9 Å². The third-order valence-electron chi connectivity index (χ3n) is 3.34. The number of Topliss-reactive ketones (excluding diaryl/α,β-unsaturated/α-hetero) is 1. The number of carbonyl (C=O) groups is 2. The third-order valence-corrected chi connectivity index (χ3v) is 3.34. The molecular weight excluding hydrogens is 252 g/mol. The fourth-order valence-electron chi connectivity index (χ4n) is 2.05. The monoisotopic (exact) mass is 274 g/mol.